The van der Waals surface area contributed by atoms with Gasteiger partial charge >= 0.3 is 6.03 Å². The lowest BCUT2D eigenvalue weighted by molar-refractivity contribution is 0.184. The monoisotopic (exact) mass is 317 g/mol. The van der Waals surface area contributed by atoms with Crippen molar-refractivity contribution in [3.63, 3.8) is 0 Å². The topological polar surface area (TPSA) is 72.3 Å². The van der Waals surface area contributed by atoms with E-state index in [1.165, 1.54) is 0 Å². The Hall–Kier alpha value is -2.15. The summed E-state index contributed by atoms with van der Waals surface area (Å²) in [4.78, 5) is 23.0. The largest absolute Gasteiger partial charge is 0.383 e. The first-order valence-corrected chi connectivity index (χ1v) is 7.97. The van der Waals surface area contributed by atoms with E-state index in [0.717, 1.165) is 42.9 Å². The standard InChI is InChI=1S/C16H23N5O2/c1-20-14(19-13-4-3-6-17-15(13)20)10-12-5-8-21(11-12)16(22)18-7-9-23-2/h3-4,6,12H,5,7-11H2,1-2H3,(H,18,22). The first-order chi connectivity index (χ1) is 11.2. The van der Waals surface area contributed by atoms with Crippen molar-refractivity contribution in [1.29, 1.82) is 0 Å². The number of rotatable bonds is 5. The van der Waals surface area contributed by atoms with Crippen LogP contribution in [0.3, 0.4) is 0 Å². The fourth-order valence-corrected chi connectivity index (χ4v) is 3.07. The molecule has 1 N–H and O–H groups in total. The number of urea groups is 1. The van der Waals surface area contributed by atoms with E-state index in [0.29, 0.717) is 19.1 Å². The van der Waals surface area contributed by atoms with E-state index in [4.69, 9.17) is 4.74 Å². The normalized spacial score (nSPS) is 17.8. The average Bonchev–Trinajstić information content (AvgIpc) is 3.14. The zero-order valence-electron chi connectivity index (χ0n) is 13.7. The summed E-state index contributed by atoms with van der Waals surface area (Å²) in [7, 11) is 3.63. The van der Waals surface area contributed by atoms with Crippen LogP contribution in [0.25, 0.3) is 11.2 Å². The molecule has 1 aliphatic rings. The highest BCUT2D eigenvalue weighted by atomic mass is 16.5. The number of carbonyl (C=O) groups excluding carboxylic acids is 1. The van der Waals surface area contributed by atoms with Crippen molar-refractivity contribution in [1.82, 2.24) is 24.8 Å². The number of amides is 2. The molecule has 2 aromatic heterocycles. The number of hydrogen-bond donors (Lipinski definition) is 1. The molecule has 3 heterocycles. The smallest absolute Gasteiger partial charge is 0.317 e. The second kappa shape index (κ2) is 6.95. The molecule has 3 rings (SSSR count). The van der Waals surface area contributed by atoms with E-state index in [1.807, 2.05) is 24.1 Å². The fourth-order valence-electron chi connectivity index (χ4n) is 3.07. The molecule has 0 radical (unpaired) electrons. The number of ether oxygens (including phenoxy) is 1. The Labute approximate surface area is 135 Å². The van der Waals surface area contributed by atoms with Gasteiger partial charge in [0.1, 0.15) is 11.3 Å². The number of nitrogens with one attached hydrogen (secondary N) is 1. The second-order valence-electron chi connectivity index (χ2n) is 5.96. The summed E-state index contributed by atoms with van der Waals surface area (Å²) in [5.41, 5.74) is 1.84. The molecule has 1 fully saturated rings. The Bertz CT molecular complexity index is 684. The number of hydrogen-bond acceptors (Lipinski definition) is 4. The molecule has 1 unspecified atom stereocenters. The maximum Gasteiger partial charge on any atom is 0.317 e. The molecule has 0 saturated carbocycles. The molecule has 1 atom stereocenters. The Morgan fingerprint density at radius 2 is 2.39 bits per heavy atom. The van der Waals surface area contributed by atoms with Crippen molar-refractivity contribution in [3.05, 3.63) is 24.2 Å². The van der Waals surface area contributed by atoms with Crippen LogP contribution in [0.1, 0.15) is 12.2 Å². The van der Waals surface area contributed by atoms with Gasteiger partial charge in [-0.2, -0.15) is 0 Å². The molecular weight excluding hydrogens is 294 g/mol. The first kappa shape index (κ1) is 15.7. The van der Waals surface area contributed by atoms with Gasteiger partial charge < -0.3 is 19.5 Å². The maximum atomic E-state index is 12.1. The van der Waals surface area contributed by atoms with E-state index in [9.17, 15) is 4.79 Å². The molecular formula is C16H23N5O2. The Balaban J connectivity index is 1.59. The van der Waals surface area contributed by atoms with Gasteiger partial charge in [-0.3, -0.25) is 0 Å². The van der Waals surface area contributed by atoms with Gasteiger partial charge in [0.15, 0.2) is 5.65 Å². The van der Waals surface area contributed by atoms with Crippen molar-refractivity contribution in [2.24, 2.45) is 13.0 Å². The van der Waals surface area contributed by atoms with Gasteiger partial charge in [0, 0.05) is 46.4 Å². The quantitative estimate of drug-likeness (QED) is 0.841. The van der Waals surface area contributed by atoms with E-state index < -0.39 is 0 Å². The molecule has 124 valence electrons. The minimum atomic E-state index is -0.00350. The van der Waals surface area contributed by atoms with Crippen LogP contribution >= 0.6 is 0 Å². The maximum absolute atomic E-state index is 12.1. The second-order valence-corrected chi connectivity index (χ2v) is 5.96. The summed E-state index contributed by atoms with van der Waals surface area (Å²) in [6.45, 7) is 2.66. The van der Waals surface area contributed by atoms with Crippen molar-refractivity contribution in [2.75, 3.05) is 33.4 Å². The Morgan fingerprint density at radius 3 is 3.17 bits per heavy atom. The van der Waals surface area contributed by atoms with Gasteiger partial charge in [0.05, 0.1) is 6.61 Å². The molecule has 23 heavy (non-hydrogen) atoms. The van der Waals surface area contributed by atoms with Crippen molar-refractivity contribution in [3.8, 4) is 0 Å². The van der Waals surface area contributed by atoms with Crippen LogP contribution in [-0.2, 0) is 18.2 Å². The van der Waals surface area contributed by atoms with E-state index in [-0.39, 0.29) is 6.03 Å². The molecule has 0 aliphatic carbocycles. The van der Waals surface area contributed by atoms with Crippen LogP contribution in [-0.4, -0.2) is 58.8 Å². The lowest BCUT2D eigenvalue weighted by atomic mass is 10.0. The Kier molecular flexibility index (Phi) is 4.76. The van der Waals surface area contributed by atoms with E-state index >= 15 is 0 Å². The van der Waals surface area contributed by atoms with Gasteiger partial charge in [-0.15, -0.1) is 0 Å². The minimum Gasteiger partial charge on any atom is -0.383 e. The highest BCUT2D eigenvalue weighted by molar-refractivity contribution is 5.74. The van der Waals surface area contributed by atoms with Crippen LogP contribution in [0.15, 0.2) is 18.3 Å². The molecule has 2 aromatic rings. The van der Waals surface area contributed by atoms with Crippen molar-refractivity contribution in [2.45, 2.75) is 12.8 Å². The van der Waals surface area contributed by atoms with Crippen LogP contribution in [0, 0.1) is 5.92 Å². The summed E-state index contributed by atoms with van der Waals surface area (Å²) in [5.74, 6) is 1.48. The summed E-state index contributed by atoms with van der Waals surface area (Å²) in [6, 6.07) is 3.88. The SMILES string of the molecule is COCCNC(=O)N1CCC(Cc2nc3cccnc3n2C)C1. The number of aromatic nitrogens is 3. The molecule has 1 aliphatic heterocycles. The van der Waals surface area contributed by atoms with Gasteiger partial charge in [0.2, 0.25) is 0 Å². The van der Waals surface area contributed by atoms with Crippen LogP contribution in [0.5, 0.6) is 0 Å². The number of imidazole rings is 1. The number of nitrogens with zero attached hydrogens (tertiary/aromatic N) is 4. The van der Waals surface area contributed by atoms with Crippen LogP contribution in [0.2, 0.25) is 0 Å². The van der Waals surface area contributed by atoms with Gasteiger partial charge in [-0.05, 0) is 24.5 Å². The third-order valence-electron chi connectivity index (χ3n) is 4.35. The average molecular weight is 317 g/mol. The summed E-state index contributed by atoms with van der Waals surface area (Å²) < 4.78 is 7.00. The van der Waals surface area contributed by atoms with Crippen molar-refractivity contribution < 1.29 is 9.53 Å². The third kappa shape index (κ3) is 3.44. The number of methoxy groups -OCH3 is 1. The number of fused-ring (bicyclic) bond motifs is 1. The van der Waals surface area contributed by atoms with Gasteiger partial charge in [-0.25, -0.2) is 14.8 Å². The lowest BCUT2D eigenvalue weighted by Crippen LogP contribution is -2.39. The zero-order chi connectivity index (χ0) is 16.2. The predicted molar refractivity (Wildman–Crippen MR) is 87.2 cm³/mol. The van der Waals surface area contributed by atoms with Crippen LogP contribution in [0.4, 0.5) is 4.79 Å². The molecule has 0 spiro atoms. The lowest BCUT2D eigenvalue weighted by Gasteiger charge is -2.17. The molecule has 7 heteroatoms. The highest BCUT2D eigenvalue weighted by Gasteiger charge is 2.27. The molecule has 0 aromatic carbocycles. The molecule has 2 amide bonds. The van der Waals surface area contributed by atoms with Crippen molar-refractivity contribution >= 4 is 17.2 Å². The fraction of sp³-hybridized carbons (Fsp3) is 0.562. The van der Waals surface area contributed by atoms with Crippen LogP contribution < -0.4 is 5.32 Å². The predicted octanol–water partition coefficient (Wildman–Crippen LogP) is 1.19. The van der Waals surface area contributed by atoms with Gasteiger partial charge in [-0.1, -0.05) is 0 Å². The highest BCUT2D eigenvalue weighted by Crippen LogP contribution is 2.22. The zero-order valence-corrected chi connectivity index (χ0v) is 13.7. The first-order valence-electron chi connectivity index (χ1n) is 7.97. The molecule has 0 bridgehead atoms. The number of aryl methyl sites for hydroxylation is 1. The number of likely N-dealkylation sites (tertiary alicyclic amines) is 1. The summed E-state index contributed by atoms with van der Waals surface area (Å²) in [5, 5.41) is 2.87. The number of pyridine rings is 1. The summed E-state index contributed by atoms with van der Waals surface area (Å²) >= 11 is 0. The molecule has 1 saturated heterocycles. The minimum absolute atomic E-state index is 0.00350. The summed E-state index contributed by atoms with van der Waals surface area (Å²) in [6.07, 6.45) is 3.67. The third-order valence-corrected chi connectivity index (χ3v) is 4.35. The van der Waals surface area contributed by atoms with Gasteiger partial charge in [0.25, 0.3) is 0 Å². The molecule has 7 nitrogen and oxygen atoms in total. The number of carbonyl (C=O) groups is 1. The van der Waals surface area contributed by atoms with E-state index in [2.05, 4.69) is 19.9 Å². The Morgan fingerprint density at radius 1 is 1.52 bits per heavy atom. The van der Waals surface area contributed by atoms with E-state index in [1.54, 1.807) is 13.3 Å².